The molecule has 0 aliphatic heterocycles. The molecule has 2 aromatic carbocycles. The second-order valence-corrected chi connectivity index (χ2v) is 6.69. The minimum Gasteiger partial charge on any atom is -0.497 e. The largest absolute Gasteiger partial charge is 0.497 e. The van der Waals surface area contributed by atoms with E-state index >= 15 is 0 Å². The van der Waals surface area contributed by atoms with Crippen LogP contribution in [0.3, 0.4) is 0 Å². The van der Waals surface area contributed by atoms with E-state index in [9.17, 15) is 0 Å². The van der Waals surface area contributed by atoms with E-state index in [0.717, 1.165) is 33.0 Å². The first-order valence-corrected chi connectivity index (χ1v) is 8.91. The van der Waals surface area contributed by atoms with Crippen molar-refractivity contribution in [2.45, 2.75) is 0 Å². The number of rotatable bonds is 4. The lowest BCUT2D eigenvalue weighted by atomic mass is 10.2. The summed E-state index contributed by atoms with van der Waals surface area (Å²) in [5.74, 6) is 2.18. The Morgan fingerprint density at radius 2 is 1.80 bits per heavy atom. The highest BCUT2D eigenvalue weighted by atomic mass is 35.5. The quantitative estimate of drug-likeness (QED) is 0.497. The molecule has 124 valence electrons. The highest BCUT2D eigenvalue weighted by Gasteiger charge is 2.13. The van der Waals surface area contributed by atoms with Gasteiger partial charge in [0.05, 0.1) is 22.5 Å². The topological polar surface area (TPSA) is 47.0 Å². The number of hydrogen-bond donors (Lipinski definition) is 1. The molecule has 0 aliphatic rings. The van der Waals surface area contributed by atoms with Crippen LogP contribution < -0.4 is 10.1 Å². The average Bonchev–Trinajstić information content (AvgIpc) is 3.08. The number of fused-ring (bicyclic) bond motifs is 1. The lowest BCUT2D eigenvalue weighted by molar-refractivity contribution is 0.415. The van der Waals surface area contributed by atoms with Crippen molar-refractivity contribution in [3.05, 3.63) is 65.0 Å². The van der Waals surface area contributed by atoms with E-state index < -0.39 is 0 Å². The van der Waals surface area contributed by atoms with Gasteiger partial charge >= 0.3 is 0 Å². The molecule has 0 amide bonds. The molecule has 1 N–H and O–H groups in total. The van der Waals surface area contributed by atoms with Crippen LogP contribution in [0.2, 0.25) is 5.02 Å². The van der Waals surface area contributed by atoms with E-state index in [1.807, 2.05) is 60.0 Å². The summed E-state index contributed by atoms with van der Waals surface area (Å²) in [6.45, 7) is 0. The molecule has 6 heteroatoms. The summed E-state index contributed by atoms with van der Waals surface area (Å²) in [7, 11) is 1.65. The fourth-order valence-corrected chi connectivity index (χ4v) is 3.61. The number of nitrogens with zero attached hydrogens (tertiary/aromatic N) is 2. The summed E-state index contributed by atoms with van der Waals surface area (Å²) in [6, 6.07) is 17.5. The van der Waals surface area contributed by atoms with Crippen molar-refractivity contribution in [1.29, 1.82) is 0 Å². The molecule has 2 aromatic heterocycles. The van der Waals surface area contributed by atoms with Gasteiger partial charge in [-0.3, -0.25) is 0 Å². The number of anilines is 2. The van der Waals surface area contributed by atoms with E-state index in [4.69, 9.17) is 21.3 Å². The van der Waals surface area contributed by atoms with Crippen LogP contribution in [0.4, 0.5) is 11.5 Å². The van der Waals surface area contributed by atoms with Crippen molar-refractivity contribution < 1.29 is 4.74 Å². The van der Waals surface area contributed by atoms with Crippen molar-refractivity contribution in [2.75, 3.05) is 12.4 Å². The Morgan fingerprint density at radius 1 is 1.00 bits per heavy atom. The lowest BCUT2D eigenvalue weighted by Crippen LogP contribution is -1.99. The van der Waals surface area contributed by atoms with E-state index in [2.05, 4.69) is 10.3 Å². The number of nitrogens with one attached hydrogen (secondary N) is 1. The number of para-hydroxylation sites is 1. The molecular formula is C19H14ClN3OS. The highest BCUT2D eigenvalue weighted by Crippen LogP contribution is 2.34. The van der Waals surface area contributed by atoms with Crippen molar-refractivity contribution in [3.63, 3.8) is 0 Å². The molecule has 0 fully saturated rings. The molecule has 0 bridgehead atoms. The Labute approximate surface area is 154 Å². The number of halogens is 1. The van der Waals surface area contributed by atoms with E-state index in [-0.39, 0.29) is 0 Å². The number of hydrogen-bond acceptors (Lipinski definition) is 5. The summed E-state index contributed by atoms with van der Waals surface area (Å²) in [5.41, 5.74) is 1.79. The monoisotopic (exact) mass is 367 g/mol. The van der Waals surface area contributed by atoms with Gasteiger partial charge in [-0.05, 0) is 47.8 Å². The van der Waals surface area contributed by atoms with Gasteiger partial charge < -0.3 is 10.1 Å². The first kappa shape index (κ1) is 15.9. The fraction of sp³-hybridized carbons (Fsp3) is 0.0526. The second kappa shape index (κ2) is 6.70. The summed E-state index contributed by atoms with van der Waals surface area (Å²) in [5, 5.41) is 6.93. The first-order valence-electron chi connectivity index (χ1n) is 7.66. The van der Waals surface area contributed by atoms with Gasteiger partial charge in [-0.1, -0.05) is 23.7 Å². The maximum atomic E-state index is 6.27. The number of benzene rings is 2. The zero-order chi connectivity index (χ0) is 17.2. The van der Waals surface area contributed by atoms with Crippen molar-refractivity contribution >= 4 is 45.3 Å². The smallest absolute Gasteiger partial charge is 0.173 e. The van der Waals surface area contributed by atoms with Gasteiger partial charge in [0.2, 0.25) is 0 Å². The zero-order valence-electron chi connectivity index (χ0n) is 13.4. The Morgan fingerprint density at radius 3 is 2.52 bits per heavy atom. The van der Waals surface area contributed by atoms with Crippen LogP contribution in [-0.2, 0) is 0 Å². The van der Waals surface area contributed by atoms with Gasteiger partial charge in [0.25, 0.3) is 0 Å². The molecule has 0 atom stereocenters. The van der Waals surface area contributed by atoms with Crippen LogP contribution in [0.1, 0.15) is 0 Å². The van der Waals surface area contributed by atoms with Crippen LogP contribution >= 0.6 is 22.9 Å². The van der Waals surface area contributed by atoms with E-state index in [1.165, 1.54) is 11.3 Å². The molecule has 25 heavy (non-hydrogen) atoms. The predicted molar refractivity (Wildman–Crippen MR) is 104 cm³/mol. The summed E-state index contributed by atoms with van der Waals surface area (Å²) in [6.07, 6.45) is 0. The Hall–Kier alpha value is -2.63. The number of ether oxygens (including phenoxy) is 1. The minimum absolute atomic E-state index is 0.620. The van der Waals surface area contributed by atoms with Crippen molar-refractivity contribution in [1.82, 2.24) is 9.97 Å². The maximum Gasteiger partial charge on any atom is 0.173 e. The van der Waals surface area contributed by atoms with Crippen LogP contribution in [0, 0.1) is 0 Å². The van der Waals surface area contributed by atoms with Crippen molar-refractivity contribution in [3.8, 4) is 16.5 Å². The predicted octanol–water partition coefficient (Wildman–Crippen LogP) is 5.76. The van der Waals surface area contributed by atoms with E-state index in [0.29, 0.717) is 10.8 Å². The van der Waals surface area contributed by atoms with Crippen LogP contribution in [-0.4, -0.2) is 17.1 Å². The Balaban J connectivity index is 1.82. The third kappa shape index (κ3) is 3.16. The molecule has 0 unspecified atom stereocenters. The maximum absolute atomic E-state index is 6.27. The molecular weight excluding hydrogens is 354 g/mol. The van der Waals surface area contributed by atoms with Gasteiger partial charge in [-0.2, -0.15) is 0 Å². The molecule has 2 heterocycles. The van der Waals surface area contributed by atoms with Gasteiger partial charge in [0, 0.05) is 11.1 Å². The van der Waals surface area contributed by atoms with Crippen molar-refractivity contribution in [2.24, 2.45) is 0 Å². The first-order chi connectivity index (χ1) is 12.2. The minimum atomic E-state index is 0.620. The highest BCUT2D eigenvalue weighted by molar-refractivity contribution is 7.14. The van der Waals surface area contributed by atoms with Gasteiger partial charge in [0.15, 0.2) is 5.82 Å². The third-order valence-corrected chi connectivity index (χ3v) is 5.11. The lowest BCUT2D eigenvalue weighted by Gasteiger charge is -2.11. The molecule has 0 saturated heterocycles. The van der Waals surface area contributed by atoms with Gasteiger partial charge in [-0.15, -0.1) is 11.3 Å². The standard InChI is InChI=1S/C19H14ClN3OS/c1-24-13-8-6-12(7-9-13)21-18-14-4-2-3-5-16(14)22-19(23-18)17-15(20)10-11-25-17/h2-11H,1H3,(H,21,22,23). The molecule has 4 nitrogen and oxygen atoms in total. The third-order valence-electron chi connectivity index (χ3n) is 3.78. The zero-order valence-corrected chi connectivity index (χ0v) is 14.9. The van der Waals surface area contributed by atoms with Crippen LogP contribution in [0.15, 0.2) is 60.0 Å². The molecule has 0 spiro atoms. The normalized spacial score (nSPS) is 10.8. The van der Waals surface area contributed by atoms with Crippen LogP contribution in [0.5, 0.6) is 5.75 Å². The molecule has 4 aromatic rings. The molecule has 0 aliphatic carbocycles. The van der Waals surface area contributed by atoms with Gasteiger partial charge in [0.1, 0.15) is 11.6 Å². The fourth-order valence-electron chi connectivity index (χ4n) is 2.54. The number of thiophene rings is 1. The Bertz CT molecular complexity index is 1030. The summed E-state index contributed by atoms with van der Waals surface area (Å²) >= 11 is 7.80. The second-order valence-electron chi connectivity index (χ2n) is 5.36. The summed E-state index contributed by atoms with van der Waals surface area (Å²) < 4.78 is 5.20. The van der Waals surface area contributed by atoms with E-state index in [1.54, 1.807) is 7.11 Å². The molecule has 4 rings (SSSR count). The Kier molecular flexibility index (Phi) is 4.26. The number of aromatic nitrogens is 2. The van der Waals surface area contributed by atoms with Crippen LogP contribution in [0.25, 0.3) is 21.6 Å². The summed E-state index contributed by atoms with van der Waals surface area (Å²) in [4.78, 5) is 10.2. The molecule has 0 saturated carbocycles. The SMILES string of the molecule is COc1ccc(Nc2nc(-c3sccc3Cl)nc3ccccc23)cc1. The number of methoxy groups -OCH3 is 1. The molecule has 0 radical (unpaired) electrons. The average molecular weight is 368 g/mol. The van der Waals surface area contributed by atoms with Gasteiger partial charge in [-0.25, -0.2) is 9.97 Å².